The highest BCUT2D eigenvalue weighted by Gasteiger charge is 2.30. The number of hydrogen-bond donors (Lipinski definition) is 0. The average Bonchev–Trinajstić information content (AvgIpc) is 2.40. The highest BCUT2D eigenvalue weighted by molar-refractivity contribution is 5.69. The Kier molecular flexibility index (Phi) is 5.52. The van der Waals surface area contributed by atoms with E-state index in [1.54, 1.807) is 0 Å². The Labute approximate surface area is 111 Å². The zero-order valence-corrected chi connectivity index (χ0v) is 11.8. The molecule has 2 saturated carbocycles. The van der Waals surface area contributed by atoms with E-state index in [9.17, 15) is 4.79 Å². The Morgan fingerprint density at radius 2 is 1.72 bits per heavy atom. The van der Waals surface area contributed by atoms with Crippen molar-refractivity contribution in [3.8, 4) is 0 Å². The summed E-state index contributed by atoms with van der Waals surface area (Å²) in [5.74, 6) is 2.48. The highest BCUT2D eigenvalue weighted by Crippen LogP contribution is 2.41. The molecule has 2 aliphatic rings. The van der Waals surface area contributed by atoms with E-state index in [-0.39, 0.29) is 5.97 Å². The summed E-state index contributed by atoms with van der Waals surface area (Å²) in [5.41, 5.74) is 0. The number of ether oxygens (including phenoxy) is 1. The molecule has 0 unspecified atom stereocenters. The van der Waals surface area contributed by atoms with Crippen molar-refractivity contribution in [2.45, 2.75) is 71.1 Å². The van der Waals surface area contributed by atoms with E-state index >= 15 is 0 Å². The van der Waals surface area contributed by atoms with Crippen LogP contribution in [0.3, 0.4) is 0 Å². The lowest BCUT2D eigenvalue weighted by Crippen LogP contribution is -2.26. The van der Waals surface area contributed by atoms with E-state index in [2.05, 4.69) is 0 Å². The Balaban J connectivity index is 1.78. The van der Waals surface area contributed by atoms with Crippen molar-refractivity contribution in [2.24, 2.45) is 17.8 Å². The van der Waals surface area contributed by atoms with Crippen LogP contribution in [-0.4, -0.2) is 12.6 Å². The third-order valence-corrected chi connectivity index (χ3v) is 4.90. The van der Waals surface area contributed by atoms with E-state index in [0.717, 1.165) is 11.8 Å². The Bertz CT molecular complexity index is 256. The van der Waals surface area contributed by atoms with Gasteiger partial charge in [0.2, 0.25) is 0 Å². The second-order valence-electron chi connectivity index (χ2n) is 6.20. The molecule has 0 aromatic rings. The number of carbonyl (C=O) groups is 1. The molecule has 0 amide bonds. The fourth-order valence-electron chi connectivity index (χ4n) is 4.01. The number of hydrogen-bond acceptors (Lipinski definition) is 2. The van der Waals surface area contributed by atoms with Gasteiger partial charge >= 0.3 is 5.97 Å². The number of esters is 1. The van der Waals surface area contributed by atoms with E-state index in [4.69, 9.17) is 4.74 Å². The Hall–Kier alpha value is -0.530. The molecule has 0 radical (unpaired) electrons. The molecule has 104 valence electrons. The predicted octanol–water partition coefficient (Wildman–Crippen LogP) is 4.33. The van der Waals surface area contributed by atoms with Gasteiger partial charge in [-0.05, 0) is 37.5 Å². The summed E-state index contributed by atoms with van der Waals surface area (Å²) in [7, 11) is 0. The van der Waals surface area contributed by atoms with Gasteiger partial charge in [-0.25, -0.2) is 0 Å². The fourth-order valence-corrected chi connectivity index (χ4v) is 4.01. The van der Waals surface area contributed by atoms with Crippen molar-refractivity contribution in [3.05, 3.63) is 0 Å². The first-order valence-corrected chi connectivity index (χ1v) is 7.95. The number of carbonyl (C=O) groups excluding carboxylic acids is 1. The van der Waals surface area contributed by atoms with Crippen LogP contribution in [0.1, 0.15) is 71.1 Å². The molecule has 18 heavy (non-hydrogen) atoms. The molecule has 2 aliphatic carbocycles. The van der Waals surface area contributed by atoms with Crippen LogP contribution < -0.4 is 0 Å². The molecule has 2 rings (SSSR count). The van der Waals surface area contributed by atoms with E-state index in [1.165, 1.54) is 57.8 Å². The molecule has 0 aromatic heterocycles. The third kappa shape index (κ3) is 4.00. The summed E-state index contributed by atoms with van der Waals surface area (Å²) in [6.07, 6.45) is 13.1. The Morgan fingerprint density at radius 3 is 2.44 bits per heavy atom. The van der Waals surface area contributed by atoms with E-state index in [1.807, 2.05) is 6.92 Å². The van der Waals surface area contributed by atoms with Crippen molar-refractivity contribution >= 4 is 5.97 Å². The second kappa shape index (κ2) is 7.16. The van der Waals surface area contributed by atoms with Gasteiger partial charge in [0.1, 0.15) is 0 Å². The van der Waals surface area contributed by atoms with Gasteiger partial charge in [-0.2, -0.15) is 0 Å². The van der Waals surface area contributed by atoms with Crippen LogP contribution in [0, 0.1) is 17.8 Å². The average molecular weight is 252 g/mol. The van der Waals surface area contributed by atoms with E-state index in [0.29, 0.717) is 18.9 Å². The number of rotatable bonds is 4. The molecule has 0 heterocycles. The van der Waals surface area contributed by atoms with Crippen LogP contribution in [0.2, 0.25) is 0 Å². The van der Waals surface area contributed by atoms with Gasteiger partial charge in [0, 0.05) is 6.42 Å². The van der Waals surface area contributed by atoms with Gasteiger partial charge in [0.25, 0.3) is 0 Å². The van der Waals surface area contributed by atoms with Crippen molar-refractivity contribution in [3.63, 3.8) is 0 Å². The normalized spacial score (nSPS) is 30.1. The summed E-state index contributed by atoms with van der Waals surface area (Å²) in [5, 5.41) is 0. The summed E-state index contributed by atoms with van der Waals surface area (Å²) < 4.78 is 5.09. The topological polar surface area (TPSA) is 26.3 Å². The van der Waals surface area contributed by atoms with Crippen molar-refractivity contribution < 1.29 is 9.53 Å². The van der Waals surface area contributed by atoms with Gasteiger partial charge < -0.3 is 4.74 Å². The van der Waals surface area contributed by atoms with Crippen molar-refractivity contribution in [2.75, 3.05) is 6.61 Å². The van der Waals surface area contributed by atoms with Crippen LogP contribution in [0.4, 0.5) is 0 Å². The summed E-state index contributed by atoms with van der Waals surface area (Å²) in [6, 6.07) is 0. The second-order valence-corrected chi connectivity index (χ2v) is 6.20. The molecule has 2 fully saturated rings. The quantitative estimate of drug-likeness (QED) is 0.696. The minimum absolute atomic E-state index is 0.0202. The molecule has 2 nitrogen and oxygen atoms in total. The Morgan fingerprint density at radius 1 is 1.00 bits per heavy atom. The first-order valence-electron chi connectivity index (χ1n) is 7.95. The zero-order chi connectivity index (χ0) is 12.8. The fraction of sp³-hybridized carbons (Fsp3) is 0.938. The van der Waals surface area contributed by atoms with Gasteiger partial charge in [-0.1, -0.05) is 44.9 Å². The smallest absolute Gasteiger partial charge is 0.306 e. The van der Waals surface area contributed by atoms with Crippen LogP contribution in [0.5, 0.6) is 0 Å². The maximum atomic E-state index is 11.6. The lowest BCUT2D eigenvalue weighted by Gasteiger charge is -2.36. The van der Waals surface area contributed by atoms with E-state index < -0.39 is 0 Å². The summed E-state index contributed by atoms with van der Waals surface area (Å²) in [4.78, 5) is 11.6. The summed E-state index contributed by atoms with van der Waals surface area (Å²) >= 11 is 0. The molecule has 0 saturated heterocycles. The third-order valence-electron chi connectivity index (χ3n) is 4.90. The van der Waals surface area contributed by atoms with Crippen molar-refractivity contribution in [1.82, 2.24) is 0 Å². The highest BCUT2D eigenvalue weighted by atomic mass is 16.5. The molecule has 0 spiro atoms. The van der Waals surface area contributed by atoms with Crippen LogP contribution in [0.15, 0.2) is 0 Å². The standard InChI is InChI=1S/C16H28O2/c1-2-18-16(17)12-13-7-6-10-15(11-13)14-8-4-3-5-9-14/h13-15H,2-12H2,1H3/t13-,15+/m1/s1. The first-order chi connectivity index (χ1) is 8.79. The van der Waals surface area contributed by atoms with Gasteiger partial charge in [-0.15, -0.1) is 0 Å². The molecule has 0 aliphatic heterocycles. The molecule has 0 N–H and O–H groups in total. The molecule has 2 heteroatoms. The minimum atomic E-state index is 0.0202. The van der Waals surface area contributed by atoms with Gasteiger partial charge in [-0.3, -0.25) is 4.79 Å². The lowest BCUT2D eigenvalue weighted by atomic mass is 9.70. The van der Waals surface area contributed by atoms with Crippen molar-refractivity contribution in [1.29, 1.82) is 0 Å². The van der Waals surface area contributed by atoms with Crippen LogP contribution in [-0.2, 0) is 9.53 Å². The predicted molar refractivity (Wildman–Crippen MR) is 73.3 cm³/mol. The molecule has 0 aromatic carbocycles. The minimum Gasteiger partial charge on any atom is -0.466 e. The monoisotopic (exact) mass is 252 g/mol. The van der Waals surface area contributed by atoms with Crippen LogP contribution >= 0.6 is 0 Å². The zero-order valence-electron chi connectivity index (χ0n) is 11.8. The first kappa shape index (κ1) is 13.9. The molecule has 0 bridgehead atoms. The maximum Gasteiger partial charge on any atom is 0.306 e. The van der Waals surface area contributed by atoms with Gasteiger partial charge in [0.05, 0.1) is 6.61 Å². The SMILES string of the molecule is CCOC(=O)C[C@@H]1CCC[C@H](C2CCCCC2)C1. The van der Waals surface area contributed by atoms with Gasteiger partial charge in [0.15, 0.2) is 0 Å². The molecular weight excluding hydrogens is 224 g/mol. The summed E-state index contributed by atoms with van der Waals surface area (Å²) in [6.45, 7) is 2.42. The largest absolute Gasteiger partial charge is 0.466 e. The molecule has 2 atom stereocenters. The molecular formula is C16H28O2. The maximum absolute atomic E-state index is 11.6. The lowest BCUT2D eigenvalue weighted by molar-refractivity contribution is -0.144. The van der Waals surface area contributed by atoms with Crippen LogP contribution in [0.25, 0.3) is 0 Å².